The standard InChI is InChI=1S/C26H30N2O4/c1-18-8-9-22(14-19(18)2)31-17-23-16-24(27-32-23)26(30)28-12-10-21(11-13-28)25(29)15-20-6-4-3-5-7-20/h3-9,14,16,21,25,29H,10-13,15,17H2,1-2H3/t25-/m0/s1. The number of benzene rings is 2. The molecule has 3 aromatic rings. The Morgan fingerprint density at radius 2 is 1.88 bits per heavy atom. The summed E-state index contributed by atoms with van der Waals surface area (Å²) < 4.78 is 11.1. The molecule has 0 spiro atoms. The first kappa shape index (κ1) is 22.1. The van der Waals surface area contributed by atoms with Gasteiger partial charge in [0, 0.05) is 19.2 Å². The van der Waals surface area contributed by atoms with Crippen LogP contribution in [0.15, 0.2) is 59.1 Å². The number of carbonyl (C=O) groups is 1. The lowest BCUT2D eigenvalue weighted by molar-refractivity contribution is 0.0461. The Balaban J connectivity index is 1.27. The smallest absolute Gasteiger partial charge is 0.276 e. The molecule has 1 aliphatic heterocycles. The third-order valence-electron chi connectivity index (χ3n) is 6.30. The van der Waals surface area contributed by atoms with Crippen molar-refractivity contribution in [3.05, 3.63) is 82.7 Å². The molecular formula is C26H30N2O4. The lowest BCUT2D eigenvalue weighted by Crippen LogP contribution is -2.41. The highest BCUT2D eigenvalue weighted by molar-refractivity contribution is 5.92. The van der Waals surface area contributed by atoms with Gasteiger partial charge in [0.1, 0.15) is 12.4 Å². The summed E-state index contributed by atoms with van der Waals surface area (Å²) in [6, 6.07) is 17.6. The zero-order valence-electron chi connectivity index (χ0n) is 18.7. The van der Waals surface area contributed by atoms with Crippen molar-refractivity contribution in [2.24, 2.45) is 5.92 Å². The molecule has 0 saturated carbocycles. The Hall–Kier alpha value is -3.12. The minimum atomic E-state index is -0.393. The number of ether oxygens (including phenoxy) is 1. The zero-order valence-corrected chi connectivity index (χ0v) is 18.7. The maximum Gasteiger partial charge on any atom is 0.276 e. The molecule has 0 bridgehead atoms. The van der Waals surface area contributed by atoms with Crippen LogP contribution in [-0.4, -0.2) is 40.3 Å². The minimum Gasteiger partial charge on any atom is -0.486 e. The lowest BCUT2D eigenvalue weighted by atomic mass is 9.88. The van der Waals surface area contributed by atoms with E-state index in [1.807, 2.05) is 55.5 Å². The molecule has 1 amide bonds. The van der Waals surface area contributed by atoms with Gasteiger partial charge in [0.05, 0.1) is 6.10 Å². The average Bonchev–Trinajstić information content (AvgIpc) is 3.29. The summed E-state index contributed by atoms with van der Waals surface area (Å²) in [6.07, 6.45) is 1.81. The highest BCUT2D eigenvalue weighted by atomic mass is 16.5. The molecule has 1 saturated heterocycles. The van der Waals surface area contributed by atoms with Crippen LogP contribution in [0.2, 0.25) is 0 Å². The zero-order chi connectivity index (χ0) is 22.5. The number of aryl methyl sites for hydroxylation is 2. The van der Waals surface area contributed by atoms with Gasteiger partial charge in [-0.3, -0.25) is 4.79 Å². The second-order valence-electron chi connectivity index (χ2n) is 8.60. The van der Waals surface area contributed by atoms with Gasteiger partial charge in [-0.15, -0.1) is 0 Å². The highest BCUT2D eigenvalue weighted by Crippen LogP contribution is 2.24. The van der Waals surface area contributed by atoms with E-state index in [1.165, 1.54) is 5.56 Å². The Labute approximate surface area is 188 Å². The average molecular weight is 435 g/mol. The van der Waals surface area contributed by atoms with Crippen molar-refractivity contribution < 1.29 is 19.2 Å². The third-order valence-corrected chi connectivity index (χ3v) is 6.30. The third kappa shape index (κ3) is 5.37. The van der Waals surface area contributed by atoms with E-state index in [2.05, 4.69) is 12.1 Å². The summed E-state index contributed by atoms with van der Waals surface area (Å²) in [5.74, 6) is 1.33. The normalized spacial score (nSPS) is 15.5. The van der Waals surface area contributed by atoms with Crippen LogP contribution in [0.25, 0.3) is 0 Å². The van der Waals surface area contributed by atoms with E-state index in [1.54, 1.807) is 11.0 Å². The molecule has 1 aromatic heterocycles. The maximum atomic E-state index is 12.8. The van der Waals surface area contributed by atoms with Crippen molar-refractivity contribution in [1.82, 2.24) is 10.1 Å². The summed E-state index contributed by atoms with van der Waals surface area (Å²) in [7, 11) is 0. The Morgan fingerprint density at radius 3 is 2.59 bits per heavy atom. The van der Waals surface area contributed by atoms with Gasteiger partial charge in [0.15, 0.2) is 11.5 Å². The predicted molar refractivity (Wildman–Crippen MR) is 122 cm³/mol. The number of likely N-dealkylation sites (tertiary alicyclic amines) is 1. The summed E-state index contributed by atoms with van der Waals surface area (Å²) >= 11 is 0. The van der Waals surface area contributed by atoms with Crippen molar-refractivity contribution in [1.29, 1.82) is 0 Å². The van der Waals surface area contributed by atoms with E-state index < -0.39 is 6.10 Å². The van der Waals surface area contributed by atoms with Crippen LogP contribution in [0.3, 0.4) is 0 Å². The van der Waals surface area contributed by atoms with Crippen LogP contribution in [-0.2, 0) is 13.0 Å². The van der Waals surface area contributed by atoms with Gasteiger partial charge in [0.25, 0.3) is 5.91 Å². The van der Waals surface area contributed by atoms with Gasteiger partial charge >= 0.3 is 0 Å². The largest absolute Gasteiger partial charge is 0.486 e. The quantitative estimate of drug-likeness (QED) is 0.599. The highest BCUT2D eigenvalue weighted by Gasteiger charge is 2.29. The molecule has 0 radical (unpaired) electrons. The molecule has 32 heavy (non-hydrogen) atoms. The molecule has 1 aliphatic rings. The second kappa shape index (κ2) is 10.0. The monoisotopic (exact) mass is 434 g/mol. The fourth-order valence-corrected chi connectivity index (χ4v) is 4.11. The molecule has 6 heteroatoms. The van der Waals surface area contributed by atoms with Crippen molar-refractivity contribution in [2.45, 2.75) is 45.8 Å². The van der Waals surface area contributed by atoms with Crippen LogP contribution >= 0.6 is 0 Å². The first-order valence-corrected chi connectivity index (χ1v) is 11.2. The first-order valence-electron chi connectivity index (χ1n) is 11.2. The molecule has 0 unspecified atom stereocenters. The summed E-state index contributed by atoms with van der Waals surface area (Å²) in [5.41, 5.74) is 3.80. The van der Waals surface area contributed by atoms with E-state index in [9.17, 15) is 9.90 Å². The number of aliphatic hydroxyl groups excluding tert-OH is 1. The predicted octanol–water partition coefficient (Wildman–Crippen LogP) is 4.33. The molecule has 6 nitrogen and oxygen atoms in total. The summed E-state index contributed by atoms with van der Waals surface area (Å²) in [6.45, 7) is 5.53. The van der Waals surface area contributed by atoms with Crippen molar-refractivity contribution in [3.63, 3.8) is 0 Å². The number of hydrogen-bond acceptors (Lipinski definition) is 5. The second-order valence-corrected chi connectivity index (χ2v) is 8.60. The first-order chi connectivity index (χ1) is 15.5. The number of rotatable bonds is 7. The molecule has 1 fully saturated rings. The van der Waals surface area contributed by atoms with Crippen LogP contribution in [0.5, 0.6) is 5.75 Å². The van der Waals surface area contributed by atoms with E-state index in [0.717, 1.165) is 29.7 Å². The molecule has 4 rings (SSSR count). The molecule has 1 N–H and O–H groups in total. The Morgan fingerprint density at radius 1 is 1.12 bits per heavy atom. The number of hydrogen-bond donors (Lipinski definition) is 1. The number of carbonyl (C=O) groups excluding carboxylic acids is 1. The van der Waals surface area contributed by atoms with Crippen LogP contribution in [0.4, 0.5) is 0 Å². The van der Waals surface area contributed by atoms with E-state index in [-0.39, 0.29) is 18.4 Å². The Bertz CT molecular complexity index is 1040. The molecule has 168 valence electrons. The summed E-state index contributed by atoms with van der Waals surface area (Å²) in [4.78, 5) is 14.6. The fraction of sp³-hybridized carbons (Fsp3) is 0.385. The Kier molecular flexibility index (Phi) is 6.90. The van der Waals surface area contributed by atoms with Crippen molar-refractivity contribution in [3.8, 4) is 5.75 Å². The van der Waals surface area contributed by atoms with Gasteiger partial charge in [-0.1, -0.05) is 41.6 Å². The number of amides is 1. The van der Waals surface area contributed by atoms with E-state index in [4.69, 9.17) is 9.26 Å². The van der Waals surface area contributed by atoms with Crippen molar-refractivity contribution in [2.75, 3.05) is 13.1 Å². The van der Waals surface area contributed by atoms with Crippen LogP contribution in [0.1, 0.15) is 45.8 Å². The van der Waals surface area contributed by atoms with E-state index in [0.29, 0.717) is 31.0 Å². The molecule has 1 atom stereocenters. The van der Waals surface area contributed by atoms with Crippen molar-refractivity contribution >= 4 is 5.91 Å². The maximum absolute atomic E-state index is 12.8. The number of aromatic nitrogens is 1. The molecular weight excluding hydrogens is 404 g/mol. The van der Waals surface area contributed by atoms with Crippen LogP contribution < -0.4 is 4.74 Å². The number of nitrogens with zero attached hydrogens (tertiary/aromatic N) is 2. The lowest BCUT2D eigenvalue weighted by Gasteiger charge is -2.34. The molecule has 2 aromatic carbocycles. The van der Waals surface area contributed by atoms with Crippen LogP contribution in [0, 0.1) is 19.8 Å². The van der Waals surface area contributed by atoms with Gasteiger partial charge < -0.3 is 19.3 Å². The van der Waals surface area contributed by atoms with Gasteiger partial charge in [0.2, 0.25) is 0 Å². The van der Waals surface area contributed by atoms with Gasteiger partial charge in [-0.05, 0) is 67.9 Å². The fourth-order valence-electron chi connectivity index (χ4n) is 4.11. The molecule has 2 heterocycles. The minimum absolute atomic E-state index is 0.137. The number of piperidine rings is 1. The number of aliphatic hydroxyl groups is 1. The summed E-state index contributed by atoms with van der Waals surface area (Å²) in [5, 5.41) is 14.6. The SMILES string of the molecule is Cc1ccc(OCc2cc(C(=O)N3CCC([C@@H](O)Cc4ccccc4)CC3)no2)cc1C. The molecule has 0 aliphatic carbocycles. The van der Waals surface area contributed by atoms with Gasteiger partial charge in [-0.25, -0.2) is 0 Å². The van der Waals surface area contributed by atoms with E-state index >= 15 is 0 Å². The van der Waals surface area contributed by atoms with Gasteiger partial charge in [-0.2, -0.15) is 0 Å². The topological polar surface area (TPSA) is 75.8 Å².